The lowest BCUT2D eigenvalue weighted by atomic mass is 10.1. The van der Waals surface area contributed by atoms with Gasteiger partial charge in [-0.05, 0) is 70.4 Å². The molecule has 1 aliphatic rings. The van der Waals surface area contributed by atoms with Gasteiger partial charge in [0, 0.05) is 23.8 Å². The molecule has 1 amide bonds. The monoisotopic (exact) mass is 682 g/mol. The number of hydrogen-bond donors (Lipinski definition) is 1. The predicted molar refractivity (Wildman–Crippen MR) is 188 cm³/mol. The smallest absolute Gasteiger partial charge is 0.259 e. The van der Waals surface area contributed by atoms with Crippen molar-refractivity contribution in [3.05, 3.63) is 54.5 Å². The summed E-state index contributed by atoms with van der Waals surface area (Å²) in [6, 6.07) is 13.4. The largest absolute Gasteiger partial charge is 0.407 e. The molecule has 1 fully saturated rings. The summed E-state index contributed by atoms with van der Waals surface area (Å²) in [4.78, 5) is 22.1. The second-order valence-electron chi connectivity index (χ2n) is 13.9. The highest BCUT2D eigenvalue weighted by Gasteiger charge is 2.53. The van der Waals surface area contributed by atoms with Crippen LogP contribution in [0.1, 0.15) is 84.8 Å². The van der Waals surface area contributed by atoms with Gasteiger partial charge in [-0.3, -0.25) is 4.79 Å². The fraction of sp³-hybridized carbons (Fsp3) is 0.588. The average molecular weight is 683 g/mol. The Morgan fingerprint density at radius 1 is 1.13 bits per heavy atom. The average Bonchev–Trinajstić information content (AvgIpc) is 3.58. The van der Waals surface area contributed by atoms with Crippen LogP contribution in [0.4, 0.5) is 5.82 Å². The van der Waals surface area contributed by atoms with E-state index in [1.807, 2.05) is 35.0 Å². The van der Waals surface area contributed by atoms with Gasteiger partial charge in [0.25, 0.3) is 14.4 Å². The van der Waals surface area contributed by atoms with Gasteiger partial charge < -0.3 is 28.1 Å². The van der Waals surface area contributed by atoms with E-state index in [9.17, 15) is 10.1 Å². The van der Waals surface area contributed by atoms with E-state index >= 15 is 0 Å². The van der Waals surface area contributed by atoms with E-state index in [1.54, 1.807) is 12.1 Å². The van der Waals surface area contributed by atoms with E-state index in [0.717, 1.165) is 0 Å². The van der Waals surface area contributed by atoms with Crippen LogP contribution >= 0.6 is 8.53 Å². The molecule has 256 valence electrons. The molecule has 0 aliphatic carbocycles. The van der Waals surface area contributed by atoms with Crippen LogP contribution < -0.4 is 5.32 Å². The van der Waals surface area contributed by atoms with Crippen LogP contribution in [0.15, 0.2) is 48.9 Å². The summed E-state index contributed by atoms with van der Waals surface area (Å²) >= 11 is 0. The third-order valence-corrected chi connectivity index (χ3v) is 15.5. The van der Waals surface area contributed by atoms with Gasteiger partial charge in [-0.1, -0.05) is 45.9 Å². The van der Waals surface area contributed by atoms with Crippen molar-refractivity contribution in [2.45, 2.75) is 123 Å². The van der Waals surface area contributed by atoms with Gasteiger partial charge in [0.15, 0.2) is 14.5 Å². The van der Waals surface area contributed by atoms with E-state index in [4.69, 9.17) is 18.2 Å². The Kier molecular flexibility index (Phi) is 12.3. The standard InChI is InChI=1S/C34H51N6O5PSi/c1-11-27-28(44-46(42-21-15-19-35)40(23(2)3)24(4)5)29(45-47(9,10)34(6,7)8)33(43-27)39-20-18-26-30(36-22-37-31(26)39)38-32(41)25-16-13-12-14-17-25/h12-14,16-18,20,22-24,27-29,33H,11,15,21H2,1-10H3,(H,36,37,38,41)/t27-,28-,29-,33-,46?/m1/s1. The minimum atomic E-state index is -2.35. The third-order valence-electron chi connectivity index (χ3n) is 8.85. The minimum absolute atomic E-state index is 0.0713. The SMILES string of the molecule is CC[C@H]1O[C@@H](n2ccc3c(NC(=O)c4ccccc4)ncnc32)[C@H](O[Si](C)(C)C(C)(C)C)[C@@H]1OP(OCCC#N)N(C(C)C)C(C)C. The molecule has 1 aliphatic heterocycles. The molecule has 1 N–H and O–H groups in total. The Morgan fingerprint density at radius 3 is 2.40 bits per heavy atom. The van der Waals surface area contributed by atoms with Crippen molar-refractivity contribution >= 4 is 39.6 Å². The van der Waals surface area contributed by atoms with Crippen molar-refractivity contribution in [1.29, 1.82) is 5.26 Å². The molecular weight excluding hydrogens is 631 g/mol. The topological polar surface area (TPSA) is 124 Å². The molecule has 2 aromatic heterocycles. The van der Waals surface area contributed by atoms with Crippen LogP contribution in [-0.2, 0) is 18.2 Å². The number of nitriles is 1. The summed E-state index contributed by atoms with van der Waals surface area (Å²) in [6.45, 7) is 22.0. The minimum Gasteiger partial charge on any atom is -0.407 e. The maximum Gasteiger partial charge on any atom is 0.259 e. The fourth-order valence-electron chi connectivity index (χ4n) is 5.47. The Labute approximate surface area is 282 Å². The highest BCUT2D eigenvalue weighted by atomic mass is 31.2. The maximum absolute atomic E-state index is 13.0. The van der Waals surface area contributed by atoms with Gasteiger partial charge >= 0.3 is 0 Å². The summed E-state index contributed by atoms with van der Waals surface area (Å²) in [5, 5.41) is 12.8. The van der Waals surface area contributed by atoms with E-state index in [1.165, 1.54) is 6.33 Å². The number of benzene rings is 1. The van der Waals surface area contributed by atoms with Crippen LogP contribution in [0.3, 0.4) is 0 Å². The summed E-state index contributed by atoms with van der Waals surface area (Å²) in [7, 11) is -3.90. The quantitative estimate of drug-likeness (QED) is 0.102. The van der Waals surface area contributed by atoms with Crippen LogP contribution in [0.5, 0.6) is 0 Å². The first-order chi connectivity index (χ1) is 22.2. The summed E-state index contributed by atoms with van der Waals surface area (Å²) in [5.41, 5.74) is 1.16. The molecule has 13 heteroatoms. The number of carbonyl (C=O) groups is 1. The molecule has 0 bridgehead atoms. The molecular formula is C34H51N6O5PSi. The number of aromatic nitrogens is 3. The number of amides is 1. The van der Waals surface area contributed by atoms with Crippen LogP contribution in [0.25, 0.3) is 11.0 Å². The number of anilines is 1. The first-order valence-corrected chi connectivity index (χ1v) is 20.5. The van der Waals surface area contributed by atoms with E-state index in [2.05, 4.69) is 94.5 Å². The molecule has 1 unspecified atom stereocenters. The lowest BCUT2D eigenvalue weighted by Crippen LogP contribution is -2.49. The van der Waals surface area contributed by atoms with E-state index in [0.29, 0.717) is 28.8 Å². The van der Waals surface area contributed by atoms with Gasteiger partial charge in [0.1, 0.15) is 30.0 Å². The molecule has 1 saturated heterocycles. The Hall–Kier alpha value is -2.75. The maximum atomic E-state index is 13.0. The highest BCUT2D eigenvalue weighted by molar-refractivity contribution is 7.44. The number of fused-ring (bicyclic) bond motifs is 1. The van der Waals surface area contributed by atoms with Crippen LogP contribution in [0.2, 0.25) is 18.1 Å². The summed E-state index contributed by atoms with van der Waals surface area (Å²) in [5.74, 6) is 0.167. The molecule has 11 nitrogen and oxygen atoms in total. The molecule has 0 radical (unpaired) electrons. The number of hydrogen-bond acceptors (Lipinski definition) is 9. The number of ether oxygens (including phenoxy) is 1. The fourth-order valence-corrected chi connectivity index (χ4v) is 8.53. The second-order valence-corrected chi connectivity index (χ2v) is 20.1. The molecule has 47 heavy (non-hydrogen) atoms. The molecule has 5 atom stereocenters. The molecule has 0 saturated carbocycles. The number of nitrogens with zero attached hydrogens (tertiary/aromatic N) is 5. The van der Waals surface area contributed by atoms with E-state index in [-0.39, 0.29) is 42.2 Å². The van der Waals surface area contributed by atoms with Crippen molar-refractivity contribution < 1.29 is 23.0 Å². The van der Waals surface area contributed by atoms with Crippen LogP contribution in [0, 0.1) is 11.3 Å². The Morgan fingerprint density at radius 2 is 1.81 bits per heavy atom. The zero-order chi connectivity index (χ0) is 34.5. The van der Waals surface area contributed by atoms with Crippen LogP contribution in [-0.4, -0.2) is 70.4 Å². The van der Waals surface area contributed by atoms with Crippen molar-refractivity contribution in [2.75, 3.05) is 11.9 Å². The van der Waals surface area contributed by atoms with Gasteiger partial charge in [0.05, 0.1) is 30.6 Å². The number of rotatable bonds is 14. The first kappa shape index (κ1) is 37.1. The lowest BCUT2D eigenvalue weighted by Gasteiger charge is -2.42. The van der Waals surface area contributed by atoms with Crippen molar-refractivity contribution in [1.82, 2.24) is 19.2 Å². The second kappa shape index (κ2) is 15.6. The third kappa shape index (κ3) is 8.46. The molecule has 3 aromatic rings. The van der Waals surface area contributed by atoms with Gasteiger partial charge in [-0.2, -0.15) is 5.26 Å². The Bertz CT molecular complexity index is 1510. The molecule has 1 aromatic carbocycles. The van der Waals surface area contributed by atoms with Gasteiger partial charge in [-0.25, -0.2) is 14.6 Å². The summed E-state index contributed by atoms with van der Waals surface area (Å²) < 4.78 is 31.6. The number of nitrogens with one attached hydrogen (secondary N) is 1. The Balaban J connectivity index is 1.76. The van der Waals surface area contributed by atoms with E-state index < -0.39 is 35.3 Å². The van der Waals surface area contributed by atoms with Crippen molar-refractivity contribution in [3.8, 4) is 6.07 Å². The van der Waals surface area contributed by atoms with Gasteiger partial charge in [-0.15, -0.1) is 0 Å². The molecule has 4 rings (SSSR count). The zero-order valence-electron chi connectivity index (χ0n) is 29.4. The first-order valence-electron chi connectivity index (χ1n) is 16.5. The van der Waals surface area contributed by atoms with Crippen molar-refractivity contribution in [3.63, 3.8) is 0 Å². The van der Waals surface area contributed by atoms with Crippen molar-refractivity contribution in [2.24, 2.45) is 0 Å². The predicted octanol–water partition coefficient (Wildman–Crippen LogP) is 8.04. The van der Waals surface area contributed by atoms with Gasteiger partial charge in [0.2, 0.25) is 0 Å². The normalized spacial score (nSPS) is 21.1. The molecule has 0 spiro atoms. The number of carbonyl (C=O) groups excluding carboxylic acids is 1. The zero-order valence-corrected chi connectivity index (χ0v) is 31.3. The lowest BCUT2D eigenvalue weighted by molar-refractivity contribution is -0.0321. The molecule has 3 heterocycles. The summed E-state index contributed by atoms with van der Waals surface area (Å²) in [6.07, 6.45) is 2.53. The highest BCUT2D eigenvalue weighted by Crippen LogP contribution is 2.52.